The topological polar surface area (TPSA) is 9.23 Å². The fraction of sp³-hybridized carbons (Fsp3) is 0.724. The summed E-state index contributed by atoms with van der Waals surface area (Å²) < 4.78 is 5.70. The lowest BCUT2D eigenvalue weighted by atomic mass is 9.48. The van der Waals surface area contributed by atoms with Gasteiger partial charge in [-0.1, -0.05) is 57.8 Å². The molecule has 0 spiro atoms. The van der Waals surface area contributed by atoms with Gasteiger partial charge in [0.2, 0.25) is 0 Å². The Labute approximate surface area is 185 Å². The van der Waals surface area contributed by atoms with Crippen LogP contribution in [-0.2, 0) is 0 Å². The van der Waals surface area contributed by atoms with Gasteiger partial charge in [0.25, 0.3) is 0 Å². The molecule has 0 unspecified atom stereocenters. The zero-order chi connectivity index (χ0) is 20.9. The molecule has 0 amide bonds. The van der Waals surface area contributed by atoms with Crippen molar-refractivity contribution in [2.75, 3.05) is 6.61 Å². The van der Waals surface area contributed by atoms with Gasteiger partial charge in [0.05, 0.1) is 6.61 Å². The molecule has 4 aliphatic carbocycles. The molecule has 0 radical (unpaired) electrons. The minimum atomic E-state index is 0.303. The molecule has 0 N–H and O–H groups in total. The summed E-state index contributed by atoms with van der Waals surface area (Å²) in [6.45, 7) is 5.26. The normalized spacial score (nSPS) is 33.0. The molecule has 2 bridgehead atoms. The number of unbranched alkanes of at least 4 members (excludes halogenated alkanes) is 1. The van der Waals surface area contributed by atoms with E-state index in [-0.39, 0.29) is 0 Å². The minimum absolute atomic E-state index is 0.303. The second-order valence-electron chi connectivity index (χ2n) is 10.6. The lowest BCUT2D eigenvalue weighted by molar-refractivity contribution is -0.0379. The predicted octanol–water partition coefficient (Wildman–Crippen LogP) is 8.16. The molecule has 1 nitrogen and oxygen atoms in total. The summed E-state index contributed by atoms with van der Waals surface area (Å²) in [5.41, 5.74) is 2.12. The molecule has 30 heavy (non-hydrogen) atoms. The van der Waals surface area contributed by atoms with E-state index in [0.717, 1.165) is 36.2 Å². The number of ether oxygens (including phenoxy) is 1. The van der Waals surface area contributed by atoms with E-state index in [2.05, 4.69) is 50.0 Å². The van der Waals surface area contributed by atoms with Crippen LogP contribution in [0.3, 0.4) is 0 Å². The summed E-state index contributed by atoms with van der Waals surface area (Å²) in [6.07, 6.45) is 19.7. The van der Waals surface area contributed by atoms with Gasteiger partial charge in [-0.25, -0.2) is 0 Å². The molecule has 4 fully saturated rings. The largest absolute Gasteiger partial charge is 0.494 e. The molecule has 0 atom stereocenters. The van der Waals surface area contributed by atoms with Crippen LogP contribution in [0.4, 0.5) is 0 Å². The summed E-state index contributed by atoms with van der Waals surface area (Å²) in [5, 5.41) is 0. The first-order valence-electron chi connectivity index (χ1n) is 12.9. The predicted molar refractivity (Wildman–Crippen MR) is 127 cm³/mol. The average Bonchev–Trinajstić information content (AvgIpc) is 2.82. The van der Waals surface area contributed by atoms with E-state index in [1.807, 2.05) is 0 Å². The summed E-state index contributed by atoms with van der Waals surface area (Å²) in [5.74, 6) is 10.3. The summed E-state index contributed by atoms with van der Waals surface area (Å²) in [6, 6.07) is 8.39. The third-order valence-electron chi connectivity index (χ3n) is 8.78. The Bertz CT molecular complexity index is 701. The van der Waals surface area contributed by atoms with E-state index in [9.17, 15) is 0 Å². The number of hydrogen-bond donors (Lipinski definition) is 0. The fourth-order valence-corrected chi connectivity index (χ4v) is 6.63. The maximum absolute atomic E-state index is 5.70. The fourth-order valence-electron chi connectivity index (χ4n) is 6.63. The average molecular weight is 407 g/mol. The molecule has 1 aromatic carbocycles. The quantitative estimate of drug-likeness (QED) is 0.415. The highest BCUT2D eigenvalue weighted by Crippen LogP contribution is 2.62. The molecule has 0 aliphatic heterocycles. The van der Waals surface area contributed by atoms with E-state index in [0.29, 0.717) is 10.8 Å². The molecular weight excluding hydrogens is 364 g/mol. The van der Waals surface area contributed by atoms with E-state index >= 15 is 0 Å². The van der Waals surface area contributed by atoms with Gasteiger partial charge in [-0.05, 0) is 99.3 Å². The van der Waals surface area contributed by atoms with E-state index < -0.39 is 0 Å². The molecule has 0 saturated heterocycles. The third kappa shape index (κ3) is 4.90. The highest BCUT2D eigenvalue weighted by molar-refractivity contribution is 5.39. The Hall–Kier alpha value is -1.42. The Morgan fingerprint density at radius 3 is 2.13 bits per heavy atom. The van der Waals surface area contributed by atoms with Crippen molar-refractivity contribution < 1.29 is 4.74 Å². The molecule has 4 saturated carbocycles. The molecule has 164 valence electrons. The third-order valence-corrected chi connectivity index (χ3v) is 8.78. The van der Waals surface area contributed by atoms with Crippen LogP contribution in [0.1, 0.15) is 109 Å². The van der Waals surface area contributed by atoms with Crippen LogP contribution in [0.5, 0.6) is 5.75 Å². The van der Waals surface area contributed by atoms with E-state index in [4.69, 9.17) is 4.74 Å². The summed E-state index contributed by atoms with van der Waals surface area (Å²) in [4.78, 5) is 0. The monoisotopic (exact) mass is 406 g/mol. The molecule has 0 aromatic heterocycles. The molecule has 1 aromatic rings. The zero-order valence-corrected chi connectivity index (χ0v) is 19.5. The highest BCUT2D eigenvalue weighted by Gasteiger charge is 2.51. The first-order valence-corrected chi connectivity index (χ1v) is 12.9. The number of benzene rings is 1. The van der Waals surface area contributed by atoms with Gasteiger partial charge in [-0.15, -0.1) is 0 Å². The smallest absolute Gasteiger partial charge is 0.119 e. The van der Waals surface area contributed by atoms with Crippen molar-refractivity contribution in [1.29, 1.82) is 0 Å². The van der Waals surface area contributed by atoms with Crippen molar-refractivity contribution in [2.24, 2.45) is 22.7 Å². The molecule has 4 aliphatic rings. The van der Waals surface area contributed by atoms with Crippen molar-refractivity contribution in [3.05, 3.63) is 29.8 Å². The van der Waals surface area contributed by atoms with Gasteiger partial charge >= 0.3 is 0 Å². The molecule has 1 heteroatoms. The van der Waals surface area contributed by atoms with Crippen LogP contribution in [0.2, 0.25) is 0 Å². The maximum atomic E-state index is 5.70. The van der Waals surface area contributed by atoms with Gasteiger partial charge in [0, 0.05) is 11.0 Å². The highest BCUT2D eigenvalue weighted by atomic mass is 16.5. The number of hydrogen-bond acceptors (Lipinski definition) is 1. The Morgan fingerprint density at radius 1 is 0.867 bits per heavy atom. The van der Waals surface area contributed by atoms with Gasteiger partial charge in [-0.3, -0.25) is 0 Å². The minimum Gasteiger partial charge on any atom is -0.494 e. The van der Waals surface area contributed by atoms with E-state index in [1.165, 1.54) is 83.5 Å². The second-order valence-corrected chi connectivity index (χ2v) is 10.6. The molecular formula is C29H42O. The summed E-state index contributed by atoms with van der Waals surface area (Å²) >= 11 is 0. The maximum Gasteiger partial charge on any atom is 0.119 e. The van der Waals surface area contributed by atoms with Gasteiger partial charge in [0.1, 0.15) is 5.75 Å². The lowest BCUT2D eigenvalue weighted by Gasteiger charge is -2.56. The van der Waals surface area contributed by atoms with Gasteiger partial charge < -0.3 is 4.74 Å². The van der Waals surface area contributed by atoms with Crippen LogP contribution in [0.15, 0.2) is 24.3 Å². The van der Waals surface area contributed by atoms with Crippen molar-refractivity contribution in [1.82, 2.24) is 0 Å². The van der Waals surface area contributed by atoms with Crippen LogP contribution in [0, 0.1) is 34.5 Å². The summed E-state index contributed by atoms with van der Waals surface area (Å²) in [7, 11) is 0. The van der Waals surface area contributed by atoms with Gasteiger partial charge in [0.15, 0.2) is 0 Å². The molecule has 0 heterocycles. The Morgan fingerprint density at radius 2 is 1.53 bits per heavy atom. The van der Waals surface area contributed by atoms with Crippen molar-refractivity contribution in [3.8, 4) is 17.6 Å². The Balaban J connectivity index is 1.31. The SMILES string of the molecule is CCCC[C@H]1CC[C@H](C23CCC(C#Cc4ccc(OCCC)cc4)(CC2)CC3)CC1. The standard InChI is InChI=1S/C29H42O/c1-3-5-6-24-7-11-26(12-8-24)29-20-17-28(18-21-29,19-22-29)16-15-25-9-13-27(14-10-25)30-23-4-2/h9-10,13-14,24,26H,3-8,11-12,17-23H2,1-2H3/t24-,26-,28?,29?. The van der Waals surface area contributed by atoms with Crippen LogP contribution >= 0.6 is 0 Å². The number of fused-ring (bicyclic) bond motifs is 3. The zero-order valence-electron chi connectivity index (χ0n) is 19.5. The van der Waals surface area contributed by atoms with Crippen molar-refractivity contribution >= 4 is 0 Å². The second kappa shape index (κ2) is 9.80. The number of rotatable bonds is 7. The van der Waals surface area contributed by atoms with Crippen LogP contribution in [-0.4, -0.2) is 6.61 Å². The van der Waals surface area contributed by atoms with Crippen LogP contribution in [0.25, 0.3) is 0 Å². The van der Waals surface area contributed by atoms with Gasteiger partial charge in [-0.2, -0.15) is 0 Å². The van der Waals surface area contributed by atoms with Crippen molar-refractivity contribution in [2.45, 2.75) is 104 Å². The van der Waals surface area contributed by atoms with Crippen LogP contribution < -0.4 is 4.74 Å². The first-order chi connectivity index (χ1) is 14.7. The Kier molecular flexibility index (Phi) is 7.12. The first kappa shape index (κ1) is 21.8. The lowest BCUT2D eigenvalue weighted by Crippen LogP contribution is -2.45. The van der Waals surface area contributed by atoms with E-state index in [1.54, 1.807) is 0 Å². The molecule has 5 rings (SSSR count). The van der Waals surface area contributed by atoms with Crippen molar-refractivity contribution in [3.63, 3.8) is 0 Å².